The first kappa shape index (κ1) is 19.5. The van der Waals surface area contributed by atoms with Crippen LogP contribution in [0.15, 0.2) is 48.5 Å². The van der Waals surface area contributed by atoms with E-state index in [-0.39, 0.29) is 19.0 Å². The van der Waals surface area contributed by atoms with Gasteiger partial charge in [-0.15, -0.1) is 0 Å². The summed E-state index contributed by atoms with van der Waals surface area (Å²) in [4.78, 5) is 12.4. The zero-order valence-corrected chi connectivity index (χ0v) is 15.8. The summed E-state index contributed by atoms with van der Waals surface area (Å²) in [6.07, 6.45) is 3.17. The number of rotatable bonds is 7. The van der Waals surface area contributed by atoms with Crippen LogP contribution in [0, 0.1) is 6.92 Å². The number of benzene rings is 2. The molecule has 1 aromatic heterocycles. The van der Waals surface area contributed by atoms with Gasteiger partial charge in [0.05, 0.1) is 31.7 Å². The van der Waals surface area contributed by atoms with Crippen molar-refractivity contribution in [2.45, 2.75) is 20.1 Å². The first-order valence-electron chi connectivity index (χ1n) is 8.82. The number of aromatic nitrogens is 2. The van der Waals surface area contributed by atoms with E-state index in [2.05, 4.69) is 10.2 Å². The first-order valence-corrected chi connectivity index (χ1v) is 8.82. The molecule has 28 heavy (non-hydrogen) atoms. The molecule has 3 N–H and O–H groups in total. The Bertz CT molecular complexity index is 1020. The van der Waals surface area contributed by atoms with E-state index in [1.807, 2.05) is 19.1 Å². The smallest absolute Gasteiger partial charge is 0.185 e. The number of nitrogens with one attached hydrogen (secondary N) is 1. The monoisotopic (exact) mass is 378 g/mol. The van der Waals surface area contributed by atoms with Crippen LogP contribution in [0.1, 0.15) is 32.7 Å². The maximum Gasteiger partial charge on any atom is 0.185 e. The van der Waals surface area contributed by atoms with E-state index in [1.54, 1.807) is 43.5 Å². The van der Waals surface area contributed by atoms with E-state index in [9.17, 15) is 15.0 Å². The molecule has 3 rings (SSSR count). The standard InChI is InChI=1S/C22H22N2O4/c1-14-9-16(5-8-22(14)28-2)21(27)7-6-19-11-20(24-23-19)15-3-4-17(12-25)18(10-15)13-26/h3-11,25-26H,12-13H2,1-2H3,(H,23,24)/b7-6+. The average molecular weight is 378 g/mol. The lowest BCUT2D eigenvalue weighted by Crippen LogP contribution is -1.96. The third-order valence-electron chi connectivity index (χ3n) is 4.53. The van der Waals surface area contributed by atoms with Crippen LogP contribution in [-0.2, 0) is 13.2 Å². The van der Waals surface area contributed by atoms with Crippen molar-refractivity contribution in [3.8, 4) is 17.0 Å². The van der Waals surface area contributed by atoms with E-state index >= 15 is 0 Å². The molecule has 0 unspecified atom stereocenters. The fourth-order valence-corrected chi connectivity index (χ4v) is 2.95. The fourth-order valence-electron chi connectivity index (χ4n) is 2.95. The summed E-state index contributed by atoms with van der Waals surface area (Å²) >= 11 is 0. The summed E-state index contributed by atoms with van der Waals surface area (Å²) in [6, 6.07) is 12.5. The van der Waals surface area contributed by atoms with Crippen LogP contribution in [-0.4, -0.2) is 33.3 Å². The molecule has 1 heterocycles. The minimum Gasteiger partial charge on any atom is -0.496 e. The van der Waals surface area contributed by atoms with Crippen molar-refractivity contribution in [3.63, 3.8) is 0 Å². The van der Waals surface area contributed by atoms with Crippen molar-refractivity contribution in [1.82, 2.24) is 10.2 Å². The quantitative estimate of drug-likeness (QED) is 0.433. The Balaban J connectivity index is 1.77. The Morgan fingerprint density at radius 2 is 1.89 bits per heavy atom. The zero-order chi connectivity index (χ0) is 20.1. The van der Waals surface area contributed by atoms with Gasteiger partial charge in [0, 0.05) is 11.1 Å². The highest BCUT2D eigenvalue weighted by atomic mass is 16.5. The molecule has 3 aromatic rings. The number of nitrogens with zero attached hydrogens (tertiary/aromatic N) is 1. The van der Waals surface area contributed by atoms with Crippen molar-refractivity contribution in [2.75, 3.05) is 7.11 Å². The fraction of sp³-hybridized carbons (Fsp3) is 0.182. The molecule has 0 atom stereocenters. The van der Waals surface area contributed by atoms with Gasteiger partial charge in [0.1, 0.15) is 5.75 Å². The van der Waals surface area contributed by atoms with Crippen molar-refractivity contribution in [2.24, 2.45) is 0 Å². The van der Waals surface area contributed by atoms with Crippen LogP contribution in [0.4, 0.5) is 0 Å². The lowest BCUT2D eigenvalue weighted by molar-refractivity contribution is 0.104. The highest BCUT2D eigenvalue weighted by Gasteiger charge is 2.08. The summed E-state index contributed by atoms with van der Waals surface area (Å²) in [5, 5.41) is 25.9. The van der Waals surface area contributed by atoms with Crippen molar-refractivity contribution >= 4 is 11.9 Å². The highest BCUT2D eigenvalue weighted by molar-refractivity contribution is 6.07. The summed E-state index contributed by atoms with van der Waals surface area (Å²) in [5.74, 6) is 0.630. The van der Waals surface area contributed by atoms with Crippen molar-refractivity contribution in [1.29, 1.82) is 0 Å². The molecular weight excluding hydrogens is 356 g/mol. The molecule has 0 fully saturated rings. The lowest BCUT2D eigenvalue weighted by atomic mass is 10.0. The van der Waals surface area contributed by atoms with Gasteiger partial charge in [0.2, 0.25) is 0 Å². The van der Waals surface area contributed by atoms with Gasteiger partial charge in [-0.05, 0) is 66.1 Å². The molecule has 6 heteroatoms. The molecule has 144 valence electrons. The number of aliphatic hydroxyl groups excluding tert-OH is 2. The van der Waals surface area contributed by atoms with Crippen molar-refractivity contribution < 1.29 is 19.7 Å². The molecule has 0 saturated heterocycles. The maximum absolute atomic E-state index is 12.4. The average Bonchev–Trinajstić information content (AvgIpc) is 3.20. The summed E-state index contributed by atoms with van der Waals surface area (Å²) in [5.41, 5.74) is 5.01. The van der Waals surface area contributed by atoms with Gasteiger partial charge in [-0.2, -0.15) is 5.10 Å². The van der Waals surface area contributed by atoms with E-state index in [4.69, 9.17) is 4.74 Å². The molecule has 0 bridgehead atoms. The molecule has 6 nitrogen and oxygen atoms in total. The highest BCUT2D eigenvalue weighted by Crippen LogP contribution is 2.23. The number of ether oxygens (including phenoxy) is 1. The molecular formula is C22H22N2O4. The Morgan fingerprint density at radius 1 is 1.11 bits per heavy atom. The predicted octanol–water partition coefficient (Wildman–Crippen LogP) is 3.27. The number of aliphatic hydroxyl groups is 2. The molecule has 0 aliphatic carbocycles. The van der Waals surface area contributed by atoms with E-state index in [0.29, 0.717) is 28.1 Å². The number of carbonyl (C=O) groups excluding carboxylic acids is 1. The Morgan fingerprint density at radius 3 is 2.57 bits per heavy atom. The number of hydrogen-bond donors (Lipinski definition) is 3. The zero-order valence-electron chi connectivity index (χ0n) is 15.8. The van der Waals surface area contributed by atoms with Crippen LogP contribution in [0.25, 0.3) is 17.3 Å². The molecule has 0 aliphatic rings. The number of carbonyl (C=O) groups is 1. The SMILES string of the molecule is COc1ccc(C(=O)/C=C/c2cc(-c3ccc(CO)c(CO)c3)n[nH]2)cc1C. The van der Waals surface area contributed by atoms with Crippen LogP contribution in [0.5, 0.6) is 5.75 Å². The number of allylic oxidation sites excluding steroid dienone is 1. The van der Waals surface area contributed by atoms with Gasteiger partial charge in [0.15, 0.2) is 5.78 Å². The van der Waals surface area contributed by atoms with Crippen molar-refractivity contribution in [3.05, 3.63) is 76.5 Å². The molecule has 0 radical (unpaired) electrons. The number of methoxy groups -OCH3 is 1. The second kappa shape index (κ2) is 8.65. The third-order valence-corrected chi connectivity index (χ3v) is 4.53. The number of hydrogen-bond acceptors (Lipinski definition) is 5. The number of H-pyrrole nitrogens is 1. The lowest BCUT2D eigenvalue weighted by Gasteiger charge is -2.06. The topological polar surface area (TPSA) is 95.4 Å². The van der Waals surface area contributed by atoms with Crippen LogP contribution in [0.2, 0.25) is 0 Å². The van der Waals surface area contributed by atoms with Gasteiger partial charge >= 0.3 is 0 Å². The van der Waals surface area contributed by atoms with Gasteiger partial charge in [0.25, 0.3) is 0 Å². The van der Waals surface area contributed by atoms with E-state index in [1.165, 1.54) is 6.08 Å². The van der Waals surface area contributed by atoms with E-state index < -0.39 is 0 Å². The van der Waals surface area contributed by atoms with Gasteiger partial charge < -0.3 is 14.9 Å². The van der Waals surface area contributed by atoms with E-state index in [0.717, 1.165) is 16.9 Å². The van der Waals surface area contributed by atoms with Gasteiger partial charge in [-0.3, -0.25) is 9.89 Å². The van der Waals surface area contributed by atoms with Crippen LogP contribution < -0.4 is 4.74 Å². The number of aryl methyl sites for hydroxylation is 1. The molecule has 0 spiro atoms. The third kappa shape index (κ3) is 4.19. The molecule has 0 aliphatic heterocycles. The Kier molecular flexibility index (Phi) is 6.03. The predicted molar refractivity (Wildman–Crippen MR) is 107 cm³/mol. The molecule has 2 aromatic carbocycles. The molecule has 0 amide bonds. The number of aromatic amines is 1. The van der Waals surface area contributed by atoms with Gasteiger partial charge in [-0.25, -0.2) is 0 Å². The summed E-state index contributed by atoms with van der Waals surface area (Å²) in [6.45, 7) is 1.61. The van der Waals surface area contributed by atoms with Crippen LogP contribution in [0.3, 0.4) is 0 Å². The normalized spacial score (nSPS) is 11.1. The first-order chi connectivity index (χ1) is 13.5. The van der Waals surface area contributed by atoms with Crippen LogP contribution >= 0.6 is 0 Å². The Labute approximate surface area is 163 Å². The maximum atomic E-state index is 12.4. The minimum atomic E-state index is -0.156. The van der Waals surface area contributed by atoms with Gasteiger partial charge in [-0.1, -0.05) is 12.1 Å². The second-order valence-electron chi connectivity index (χ2n) is 6.39. The molecule has 0 saturated carbocycles. The second-order valence-corrected chi connectivity index (χ2v) is 6.39. The largest absolute Gasteiger partial charge is 0.496 e. The minimum absolute atomic E-state index is 0.114. The summed E-state index contributed by atoms with van der Waals surface area (Å²) < 4.78 is 5.21. The Hall–Kier alpha value is -3.22. The number of ketones is 1. The summed E-state index contributed by atoms with van der Waals surface area (Å²) in [7, 11) is 1.60.